The number of halogens is 1. The number of fused-ring (bicyclic) bond motifs is 1. The SMILES string of the molecule is C=C/C=C(\C(Br)=C/CC(=O)O)n1c(C)cc2c1=NC(c1ccccc1)NC=2C. The molecule has 0 amide bonds. The number of carboxylic acids is 1. The van der Waals surface area contributed by atoms with Crippen molar-refractivity contribution in [2.45, 2.75) is 26.4 Å². The molecule has 6 heteroatoms. The Morgan fingerprint density at radius 3 is 2.71 bits per heavy atom. The molecule has 0 saturated carbocycles. The number of hydrogen-bond acceptors (Lipinski definition) is 3. The maximum atomic E-state index is 11.0. The van der Waals surface area contributed by atoms with Crippen molar-refractivity contribution in [3.05, 3.63) is 87.7 Å². The molecule has 0 spiro atoms. The zero-order valence-corrected chi connectivity index (χ0v) is 17.4. The Bertz CT molecular complexity index is 1090. The maximum Gasteiger partial charge on any atom is 0.307 e. The molecule has 1 aromatic carbocycles. The van der Waals surface area contributed by atoms with E-state index in [9.17, 15) is 4.79 Å². The van der Waals surface area contributed by atoms with Gasteiger partial charge in [0, 0.05) is 21.1 Å². The summed E-state index contributed by atoms with van der Waals surface area (Å²) in [4.78, 5) is 15.9. The maximum absolute atomic E-state index is 11.0. The first kappa shape index (κ1) is 19.9. The fourth-order valence-corrected chi connectivity index (χ4v) is 3.69. The van der Waals surface area contributed by atoms with Crippen molar-refractivity contribution in [2.75, 3.05) is 0 Å². The summed E-state index contributed by atoms with van der Waals surface area (Å²) in [6, 6.07) is 12.1. The number of hydrogen-bond donors (Lipinski definition) is 2. The Labute approximate surface area is 172 Å². The van der Waals surface area contributed by atoms with Gasteiger partial charge in [0.05, 0.1) is 12.1 Å². The lowest BCUT2D eigenvalue weighted by molar-refractivity contribution is -0.136. The van der Waals surface area contributed by atoms with E-state index in [2.05, 4.69) is 33.9 Å². The van der Waals surface area contributed by atoms with E-state index >= 15 is 0 Å². The minimum absolute atomic E-state index is 0.0753. The van der Waals surface area contributed by atoms with Crippen molar-refractivity contribution < 1.29 is 9.90 Å². The van der Waals surface area contributed by atoms with E-state index in [1.165, 1.54) is 0 Å². The monoisotopic (exact) mass is 439 g/mol. The van der Waals surface area contributed by atoms with Gasteiger partial charge in [0.2, 0.25) is 0 Å². The molecule has 3 rings (SSSR count). The number of nitrogens with one attached hydrogen (secondary N) is 1. The summed E-state index contributed by atoms with van der Waals surface area (Å²) >= 11 is 3.53. The first-order chi connectivity index (χ1) is 13.4. The lowest BCUT2D eigenvalue weighted by atomic mass is 10.1. The van der Waals surface area contributed by atoms with Crippen LogP contribution in [0.3, 0.4) is 0 Å². The van der Waals surface area contributed by atoms with E-state index < -0.39 is 5.97 Å². The molecule has 2 aromatic rings. The smallest absolute Gasteiger partial charge is 0.307 e. The second-order valence-electron chi connectivity index (χ2n) is 6.51. The summed E-state index contributed by atoms with van der Waals surface area (Å²) in [5.74, 6) is -0.886. The highest BCUT2D eigenvalue weighted by Gasteiger charge is 2.19. The van der Waals surface area contributed by atoms with Gasteiger partial charge in [-0.15, -0.1) is 0 Å². The van der Waals surface area contributed by atoms with Gasteiger partial charge >= 0.3 is 5.97 Å². The molecule has 0 saturated heterocycles. The molecule has 1 aliphatic rings. The number of benzene rings is 1. The summed E-state index contributed by atoms with van der Waals surface area (Å²) in [6.45, 7) is 7.85. The topological polar surface area (TPSA) is 66.6 Å². The molecule has 2 heterocycles. The molecule has 0 bridgehead atoms. The van der Waals surface area contributed by atoms with E-state index in [0.29, 0.717) is 4.48 Å². The van der Waals surface area contributed by atoms with Crippen LogP contribution in [0.2, 0.25) is 0 Å². The highest BCUT2D eigenvalue weighted by Crippen LogP contribution is 2.24. The van der Waals surface area contributed by atoms with Crippen molar-refractivity contribution in [2.24, 2.45) is 4.99 Å². The van der Waals surface area contributed by atoms with E-state index in [1.54, 1.807) is 12.2 Å². The zero-order valence-electron chi connectivity index (χ0n) is 15.8. The molecule has 0 aliphatic carbocycles. The van der Waals surface area contributed by atoms with E-state index in [1.807, 2.05) is 54.8 Å². The highest BCUT2D eigenvalue weighted by atomic mass is 79.9. The number of nitrogens with zero attached hydrogens (tertiary/aromatic N) is 2. The molecule has 1 atom stereocenters. The summed E-state index contributed by atoms with van der Waals surface area (Å²) < 4.78 is 2.71. The van der Waals surface area contributed by atoms with Crippen LogP contribution in [0.15, 0.2) is 70.7 Å². The van der Waals surface area contributed by atoms with Gasteiger partial charge in [-0.05, 0) is 47.5 Å². The Morgan fingerprint density at radius 1 is 1.36 bits per heavy atom. The normalized spacial score (nSPS) is 16.8. The van der Waals surface area contributed by atoms with E-state index in [0.717, 1.165) is 33.4 Å². The molecule has 1 aromatic heterocycles. The Kier molecular flexibility index (Phi) is 5.99. The number of rotatable bonds is 6. The molecular formula is C22H22BrN3O2. The first-order valence-corrected chi connectivity index (χ1v) is 9.71. The Hall–Kier alpha value is -2.86. The van der Waals surface area contributed by atoms with Crippen LogP contribution >= 0.6 is 15.9 Å². The predicted molar refractivity (Wildman–Crippen MR) is 115 cm³/mol. The molecular weight excluding hydrogens is 418 g/mol. The summed E-state index contributed by atoms with van der Waals surface area (Å²) in [5.41, 5.74) is 4.74. The Balaban J connectivity index is 2.20. The van der Waals surface area contributed by atoms with Crippen molar-refractivity contribution in [3.8, 4) is 0 Å². The third kappa shape index (κ3) is 4.02. The second kappa shape index (κ2) is 8.44. The van der Waals surface area contributed by atoms with E-state index in [4.69, 9.17) is 10.1 Å². The number of allylic oxidation sites excluding steroid dienone is 4. The lowest BCUT2D eigenvalue weighted by Gasteiger charge is -2.20. The number of carboxylic acid groups (broad SMARTS) is 1. The first-order valence-electron chi connectivity index (χ1n) is 8.92. The lowest BCUT2D eigenvalue weighted by Crippen LogP contribution is -2.40. The average molecular weight is 440 g/mol. The van der Waals surface area contributed by atoms with Crippen molar-refractivity contribution >= 4 is 33.3 Å². The van der Waals surface area contributed by atoms with Gasteiger partial charge in [-0.3, -0.25) is 9.36 Å². The summed E-state index contributed by atoms with van der Waals surface area (Å²) in [5, 5.41) is 13.5. The minimum atomic E-state index is -0.886. The van der Waals surface area contributed by atoms with Gasteiger partial charge in [-0.25, -0.2) is 4.99 Å². The molecule has 1 unspecified atom stereocenters. The summed E-state index contributed by atoms with van der Waals surface area (Å²) in [7, 11) is 0. The van der Waals surface area contributed by atoms with E-state index in [-0.39, 0.29) is 12.6 Å². The number of aliphatic carboxylic acids is 1. The predicted octanol–water partition coefficient (Wildman–Crippen LogP) is 3.63. The van der Waals surface area contributed by atoms with Gasteiger partial charge in [-0.2, -0.15) is 0 Å². The second-order valence-corrected chi connectivity index (χ2v) is 7.36. The third-order valence-corrected chi connectivity index (χ3v) is 5.23. The van der Waals surface area contributed by atoms with Crippen LogP contribution in [-0.2, 0) is 4.79 Å². The van der Waals surface area contributed by atoms with Crippen LogP contribution in [0.5, 0.6) is 0 Å². The van der Waals surface area contributed by atoms with Crippen LogP contribution in [0.25, 0.3) is 11.4 Å². The van der Waals surface area contributed by atoms with Crippen LogP contribution < -0.4 is 16.0 Å². The summed E-state index contributed by atoms with van der Waals surface area (Å²) in [6.07, 6.45) is 4.90. The molecule has 0 radical (unpaired) electrons. The fraction of sp³-hybridized carbons (Fsp3) is 0.182. The molecule has 144 valence electrons. The van der Waals surface area contributed by atoms with Gasteiger partial charge in [0.25, 0.3) is 0 Å². The highest BCUT2D eigenvalue weighted by molar-refractivity contribution is 9.12. The van der Waals surface area contributed by atoms with Crippen LogP contribution in [0.4, 0.5) is 0 Å². The van der Waals surface area contributed by atoms with Gasteiger partial charge in [-0.1, -0.05) is 49.1 Å². The molecule has 2 N–H and O–H groups in total. The standard InChI is InChI=1S/C22H22BrN3O2/c1-4-8-19(18(23)11-12-20(27)28)26-14(2)13-17-15(3)24-21(25-22(17)26)16-9-6-5-7-10-16/h4-11,13,21,24H,1,12H2,2-3H3,(H,27,28)/b18-11+,19-8+. The average Bonchev–Trinajstić information content (AvgIpc) is 3.01. The third-order valence-electron chi connectivity index (χ3n) is 4.50. The number of aromatic nitrogens is 1. The zero-order chi connectivity index (χ0) is 20.3. The number of carbonyl (C=O) groups is 1. The van der Waals surface area contributed by atoms with Gasteiger partial charge < -0.3 is 10.4 Å². The Morgan fingerprint density at radius 2 is 2.07 bits per heavy atom. The largest absolute Gasteiger partial charge is 0.481 e. The van der Waals surface area contributed by atoms with Crippen LogP contribution in [0.1, 0.15) is 30.8 Å². The van der Waals surface area contributed by atoms with Crippen LogP contribution in [-0.4, -0.2) is 15.6 Å². The van der Waals surface area contributed by atoms with Crippen LogP contribution in [0, 0.1) is 6.92 Å². The molecule has 28 heavy (non-hydrogen) atoms. The van der Waals surface area contributed by atoms with Crippen molar-refractivity contribution in [1.29, 1.82) is 0 Å². The minimum Gasteiger partial charge on any atom is -0.481 e. The fourth-order valence-electron chi connectivity index (χ4n) is 3.22. The van der Waals surface area contributed by atoms with Crippen molar-refractivity contribution in [1.82, 2.24) is 9.88 Å². The van der Waals surface area contributed by atoms with Crippen molar-refractivity contribution in [3.63, 3.8) is 0 Å². The van der Waals surface area contributed by atoms with Gasteiger partial charge in [0.1, 0.15) is 11.7 Å². The molecule has 5 nitrogen and oxygen atoms in total. The van der Waals surface area contributed by atoms with Gasteiger partial charge in [0.15, 0.2) is 0 Å². The quantitative estimate of drug-likeness (QED) is 0.675. The molecule has 1 aliphatic heterocycles. The molecule has 0 fully saturated rings. The number of aryl methyl sites for hydroxylation is 1.